The van der Waals surface area contributed by atoms with Crippen LogP contribution < -0.4 is 0 Å². The molecule has 0 amide bonds. The fourth-order valence-electron chi connectivity index (χ4n) is 5.46. The van der Waals surface area contributed by atoms with Gasteiger partial charge in [0.25, 0.3) is 0 Å². The molecule has 0 bridgehead atoms. The van der Waals surface area contributed by atoms with Crippen molar-refractivity contribution in [3.63, 3.8) is 0 Å². The molecule has 44 heavy (non-hydrogen) atoms. The Bertz CT molecular complexity index is 1370. The number of para-hydroxylation sites is 4. The summed E-state index contributed by atoms with van der Waals surface area (Å²) in [6.45, 7) is 24.8. The van der Waals surface area contributed by atoms with Gasteiger partial charge in [0.05, 0.1) is 0 Å². The van der Waals surface area contributed by atoms with Gasteiger partial charge in [-0.2, -0.15) is 0 Å². The topological polar surface area (TPSA) is 80.9 Å². The van der Waals surface area contributed by atoms with Gasteiger partial charge >= 0.3 is 0 Å². The molecule has 4 N–H and O–H groups in total. The smallest absolute Gasteiger partial charge is 0.127 e. The van der Waals surface area contributed by atoms with E-state index in [0.29, 0.717) is 22.3 Å². The van der Waals surface area contributed by atoms with Crippen LogP contribution in [0.3, 0.4) is 0 Å². The van der Waals surface area contributed by atoms with Crippen LogP contribution in [-0.4, -0.2) is 20.4 Å². The maximum Gasteiger partial charge on any atom is 0.127 e. The second kappa shape index (κ2) is 12.2. The third kappa shape index (κ3) is 7.41. The number of benzene rings is 4. The van der Waals surface area contributed by atoms with Crippen molar-refractivity contribution >= 4 is 0 Å². The first-order valence-electron chi connectivity index (χ1n) is 15.4. The first-order valence-corrected chi connectivity index (χ1v) is 15.4. The Morgan fingerprint density at radius 2 is 0.455 bits per heavy atom. The monoisotopic (exact) mass is 596 g/mol. The zero-order valence-electron chi connectivity index (χ0n) is 28.7. The molecule has 0 saturated heterocycles. The van der Waals surface area contributed by atoms with E-state index in [1.807, 2.05) is 72.8 Å². The highest BCUT2D eigenvalue weighted by Gasteiger charge is 2.26. The van der Waals surface area contributed by atoms with Gasteiger partial charge in [-0.15, -0.1) is 0 Å². The van der Waals surface area contributed by atoms with E-state index in [0.717, 1.165) is 22.3 Å². The Kier molecular flexibility index (Phi) is 9.61. The van der Waals surface area contributed by atoms with E-state index in [1.54, 1.807) is 0 Å². The molecular weight excluding hydrogens is 544 g/mol. The van der Waals surface area contributed by atoms with Gasteiger partial charge in [-0.25, -0.2) is 0 Å². The van der Waals surface area contributed by atoms with E-state index in [1.165, 1.54) is 0 Å². The molecule has 0 radical (unpaired) electrons. The minimum atomic E-state index is -0.155. The van der Waals surface area contributed by atoms with E-state index in [-0.39, 0.29) is 44.7 Å². The predicted molar refractivity (Wildman–Crippen MR) is 185 cm³/mol. The van der Waals surface area contributed by atoms with Crippen LogP contribution in [0.15, 0.2) is 72.8 Å². The highest BCUT2D eigenvalue weighted by atomic mass is 16.3. The highest BCUT2D eigenvalue weighted by molar-refractivity contribution is 5.79. The molecule has 236 valence electrons. The summed E-state index contributed by atoms with van der Waals surface area (Å²) in [6, 6.07) is 22.9. The third-order valence-electron chi connectivity index (χ3n) is 7.96. The molecule has 4 aromatic carbocycles. The van der Waals surface area contributed by atoms with Crippen LogP contribution in [0, 0.1) is 0 Å². The molecule has 4 aromatic rings. The summed E-state index contributed by atoms with van der Waals surface area (Å²) in [6.07, 6.45) is 0. The average molecular weight is 597 g/mol. The summed E-state index contributed by atoms with van der Waals surface area (Å²) in [5.74, 6) is 0.987. The molecule has 4 rings (SSSR count). The largest absolute Gasteiger partial charge is 0.507 e. The number of phenolic OH excluding ortho intramolecular Hbond substituents is 4. The van der Waals surface area contributed by atoms with E-state index < -0.39 is 0 Å². The van der Waals surface area contributed by atoms with Crippen molar-refractivity contribution in [1.82, 2.24) is 0 Å². The van der Waals surface area contributed by atoms with E-state index in [2.05, 4.69) is 83.1 Å². The van der Waals surface area contributed by atoms with Gasteiger partial charge < -0.3 is 20.4 Å². The normalized spacial score (nSPS) is 12.5. The summed E-state index contributed by atoms with van der Waals surface area (Å²) in [4.78, 5) is 0. The molecule has 0 aliphatic heterocycles. The van der Waals surface area contributed by atoms with Crippen LogP contribution in [0.2, 0.25) is 0 Å². The van der Waals surface area contributed by atoms with Crippen molar-refractivity contribution in [2.45, 2.75) is 105 Å². The van der Waals surface area contributed by atoms with Crippen LogP contribution in [-0.2, 0) is 21.7 Å². The Morgan fingerprint density at radius 3 is 0.591 bits per heavy atom. The van der Waals surface area contributed by atoms with Crippen LogP contribution in [0.25, 0.3) is 22.3 Å². The Balaban J connectivity index is 0.000000240. The van der Waals surface area contributed by atoms with Crippen molar-refractivity contribution in [1.29, 1.82) is 0 Å². The zero-order chi connectivity index (χ0) is 33.4. The highest BCUT2D eigenvalue weighted by Crippen LogP contribution is 2.45. The second-order valence-electron chi connectivity index (χ2n) is 15.8. The summed E-state index contributed by atoms with van der Waals surface area (Å²) < 4.78 is 0. The van der Waals surface area contributed by atoms with E-state index in [9.17, 15) is 20.4 Å². The van der Waals surface area contributed by atoms with Crippen molar-refractivity contribution in [3.8, 4) is 45.3 Å². The number of hydrogen-bond donors (Lipinski definition) is 4. The lowest BCUT2D eigenvalue weighted by atomic mass is 9.82. The number of rotatable bonds is 2. The van der Waals surface area contributed by atoms with E-state index >= 15 is 0 Å². The fourth-order valence-corrected chi connectivity index (χ4v) is 5.46. The number of aromatic hydroxyl groups is 4. The SMILES string of the molecule is CC(C)(C)c1cccc(-c2cccc(C(C)(C)C)c2O)c1O.CC(C)(C)c1cccc(-c2cccc(C(C)(C)C)c2O)c1O. The molecule has 0 aliphatic carbocycles. The second-order valence-corrected chi connectivity index (χ2v) is 15.8. The molecule has 4 nitrogen and oxygen atoms in total. The van der Waals surface area contributed by atoms with Gasteiger partial charge in [0.1, 0.15) is 23.0 Å². The molecule has 0 saturated carbocycles. The lowest BCUT2D eigenvalue weighted by Gasteiger charge is -2.24. The van der Waals surface area contributed by atoms with Gasteiger partial charge in [-0.05, 0) is 43.9 Å². The molecule has 4 heteroatoms. The van der Waals surface area contributed by atoms with Gasteiger partial charge in [0.2, 0.25) is 0 Å². The molecule has 0 spiro atoms. The van der Waals surface area contributed by atoms with E-state index in [4.69, 9.17) is 0 Å². The predicted octanol–water partition coefficient (Wildman–Crippen LogP) is 10.7. The Hall–Kier alpha value is -3.92. The fraction of sp³-hybridized carbons (Fsp3) is 0.400. The first-order chi connectivity index (χ1) is 20.1. The summed E-state index contributed by atoms with van der Waals surface area (Å²) in [7, 11) is 0. The molecular formula is C40H52O4. The lowest BCUT2D eigenvalue weighted by Crippen LogP contribution is -2.12. The molecule has 0 unspecified atom stereocenters. The van der Waals surface area contributed by atoms with Gasteiger partial charge in [-0.1, -0.05) is 156 Å². The maximum absolute atomic E-state index is 10.7. The quantitative estimate of drug-likeness (QED) is 0.186. The summed E-state index contributed by atoms with van der Waals surface area (Å²) in [5.41, 5.74) is 5.61. The molecule has 0 atom stereocenters. The van der Waals surface area contributed by atoms with Crippen molar-refractivity contribution in [2.75, 3.05) is 0 Å². The summed E-state index contributed by atoms with van der Waals surface area (Å²) >= 11 is 0. The van der Waals surface area contributed by atoms with Crippen LogP contribution >= 0.6 is 0 Å². The third-order valence-corrected chi connectivity index (χ3v) is 7.96. The Morgan fingerprint density at radius 1 is 0.295 bits per heavy atom. The summed E-state index contributed by atoms with van der Waals surface area (Å²) in [5, 5.41) is 42.7. The molecule has 0 heterocycles. The standard InChI is InChI=1S/2C20H26O2/c2*1-19(2,3)15-11-7-9-13(17(15)21)14-10-8-12-16(18(14)22)20(4,5)6/h2*7-12,21-22H,1-6H3. The maximum atomic E-state index is 10.7. The van der Waals surface area contributed by atoms with Crippen molar-refractivity contribution in [2.24, 2.45) is 0 Å². The lowest BCUT2D eigenvalue weighted by molar-refractivity contribution is 0.440. The van der Waals surface area contributed by atoms with Gasteiger partial charge in [0, 0.05) is 22.3 Å². The van der Waals surface area contributed by atoms with Crippen LogP contribution in [0.1, 0.15) is 105 Å². The zero-order valence-corrected chi connectivity index (χ0v) is 28.7. The minimum Gasteiger partial charge on any atom is -0.507 e. The number of phenols is 4. The molecule has 0 fully saturated rings. The Labute approximate surface area is 265 Å². The van der Waals surface area contributed by atoms with Crippen LogP contribution in [0.4, 0.5) is 0 Å². The van der Waals surface area contributed by atoms with Crippen molar-refractivity contribution < 1.29 is 20.4 Å². The minimum absolute atomic E-state index is 0.155. The molecule has 0 aliphatic rings. The average Bonchev–Trinajstić information content (AvgIpc) is 2.87. The molecule has 0 aromatic heterocycles. The number of hydrogen-bond acceptors (Lipinski definition) is 4. The van der Waals surface area contributed by atoms with Gasteiger partial charge in [-0.3, -0.25) is 0 Å². The first kappa shape index (κ1) is 34.6. The van der Waals surface area contributed by atoms with Gasteiger partial charge in [0.15, 0.2) is 0 Å². The van der Waals surface area contributed by atoms with Crippen molar-refractivity contribution in [3.05, 3.63) is 95.1 Å². The van der Waals surface area contributed by atoms with Crippen LogP contribution in [0.5, 0.6) is 23.0 Å².